The standard InChI is InChI=1S/C31H40N6O2S/c38-31(25-3-1-10-32-23-25)33-27-7-5-24(6-8-27)9-11-35-12-14-36(15-13-35)29-21-26(28-4-2-20-40-28)22-30(34-29)37-16-18-39-19-17-37/h1-4,10,20-24,27H,5-9,11-19H2,(H,33,38). The molecule has 40 heavy (non-hydrogen) atoms. The van der Waals surface area contributed by atoms with E-state index in [9.17, 15) is 4.79 Å². The maximum absolute atomic E-state index is 12.5. The second-order valence-corrected chi connectivity index (χ2v) is 12.1. The molecule has 9 heteroatoms. The Balaban J connectivity index is 0.981. The lowest BCUT2D eigenvalue weighted by atomic mass is 9.84. The van der Waals surface area contributed by atoms with E-state index in [-0.39, 0.29) is 11.9 Å². The van der Waals surface area contributed by atoms with Crippen LogP contribution in [0.15, 0.2) is 54.2 Å². The summed E-state index contributed by atoms with van der Waals surface area (Å²) in [7, 11) is 0. The molecule has 6 rings (SSSR count). The van der Waals surface area contributed by atoms with Crippen molar-refractivity contribution in [1.82, 2.24) is 20.2 Å². The first-order valence-corrected chi connectivity index (χ1v) is 15.7. The van der Waals surface area contributed by atoms with Crippen LogP contribution >= 0.6 is 11.3 Å². The zero-order valence-electron chi connectivity index (χ0n) is 23.2. The molecule has 3 aliphatic rings. The zero-order chi connectivity index (χ0) is 27.1. The molecule has 2 saturated heterocycles. The fourth-order valence-corrected chi connectivity index (χ4v) is 6.85. The number of anilines is 2. The molecular weight excluding hydrogens is 520 g/mol. The molecule has 1 amide bonds. The summed E-state index contributed by atoms with van der Waals surface area (Å²) in [6, 6.07) is 12.8. The maximum atomic E-state index is 12.5. The summed E-state index contributed by atoms with van der Waals surface area (Å²) in [4.78, 5) is 30.4. The normalized spacial score (nSPS) is 22.3. The van der Waals surface area contributed by atoms with Crippen molar-refractivity contribution in [1.29, 1.82) is 0 Å². The molecule has 3 aromatic rings. The average Bonchev–Trinajstić information content (AvgIpc) is 3.57. The zero-order valence-corrected chi connectivity index (χ0v) is 24.0. The third kappa shape index (κ3) is 6.82. The van der Waals surface area contributed by atoms with Crippen molar-refractivity contribution in [3.8, 4) is 10.4 Å². The smallest absolute Gasteiger partial charge is 0.253 e. The summed E-state index contributed by atoms with van der Waals surface area (Å²) in [6.07, 6.45) is 9.12. The summed E-state index contributed by atoms with van der Waals surface area (Å²) in [5.41, 5.74) is 1.91. The van der Waals surface area contributed by atoms with E-state index in [4.69, 9.17) is 9.72 Å². The Labute approximate surface area is 241 Å². The van der Waals surface area contributed by atoms with Crippen molar-refractivity contribution in [2.24, 2.45) is 5.92 Å². The van der Waals surface area contributed by atoms with Crippen LogP contribution in [0.5, 0.6) is 0 Å². The number of hydrogen-bond donors (Lipinski definition) is 1. The Hall–Kier alpha value is -3.01. The predicted molar refractivity (Wildman–Crippen MR) is 161 cm³/mol. The van der Waals surface area contributed by atoms with Gasteiger partial charge in [-0.1, -0.05) is 6.07 Å². The highest BCUT2D eigenvalue weighted by Gasteiger charge is 2.25. The fraction of sp³-hybridized carbons (Fsp3) is 0.516. The largest absolute Gasteiger partial charge is 0.378 e. The summed E-state index contributed by atoms with van der Waals surface area (Å²) in [5, 5.41) is 5.36. The molecule has 8 nitrogen and oxygen atoms in total. The number of nitrogens with zero attached hydrogens (tertiary/aromatic N) is 5. The number of ether oxygens (including phenoxy) is 1. The van der Waals surface area contributed by atoms with E-state index >= 15 is 0 Å². The number of pyridine rings is 2. The van der Waals surface area contributed by atoms with Gasteiger partial charge in [0.05, 0.1) is 18.8 Å². The number of carbonyl (C=O) groups is 1. The minimum atomic E-state index is 0.00176. The summed E-state index contributed by atoms with van der Waals surface area (Å²) < 4.78 is 5.58. The van der Waals surface area contributed by atoms with Gasteiger partial charge in [-0.05, 0) is 85.8 Å². The van der Waals surface area contributed by atoms with Crippen molar-refractivity contribution in [3.63, 3.8) is 0 Å². The minimum absolute atomic E-state index is 0.00176. The third-order valence-corrected chi connectivity index (χ3v) is 9.51. The van der Waals surface area contributed by atoms with Crippen LogP contribution in [-0.2, 0) is 4.74 Å². The van der Waals surface area contributed by atoms with Gasteiger partial charge >= 0.3 is 0 Å². The van der Waals surface area contributed by atoms with Gasteiger partial charge in [-0.25, -0.2) is 4.98 Å². The molecule has 0 radical (unpaired) electrons. The van der Waals surface area contributed by atoms with Crippen molar-refractivity contribution < 1.29 is 9.53 Å². The molecule has 0 spiro atoms. The Kier molecular flexibility index (Phi) is 8.90. The number of carbonyl (C=O) groups excluding carboxylic acids is 1. The summed E-state index contributed by atoms with van der Waals surface area (Å²) in [6.45, 7) is 8.66. The molecule has 0 unspecified atom stereocenters. The predicted octanol–water partition coefficient (Wildman–Crippen LogP) is 4.54. The lowest BCUT2D eigenvalue weighted by Crippen LogP contribution is -2.47. The molecule has 3 fully saturated rings. The SMILES string of the molecule is O=C(NC1CCC(CCN2CCN(c3cc(-c4cccs4)cc(N4CCOCC4)n3)CC2)CC1)c1cccnc1. The number of rotatable bonds is 8. The second-order valence-electron chi connectivity index (χ2n) is 11.2. The molecular formula is C31H40N6O2S. The van der Waals surface area contributed by atoms with Gasteiger partial charge in [0.25, 0.3) is 5.91 Å². The number of amides is 1. The fourth-order valence-electron chi connectivity index (χ4n) is 6.13. The van der Waals surface area contributed by atoms with Gasteiger partial charge in [-0.2, -0.15) is 0 Å². The van der Waals surface area contributed by atoms with Crippen molar-refractivity contribution >= 4 is 28.9 Å². The summed E-state index contributed by atoms with van der Waals surface area (Å²) >= 11 is 1.79. The molecule has 0 bridgehead atoms. The van der Waals surface area contributed by atoms with Gasteiger partial charge in [0, 0.05) is 62.6 Å². The average molecular weight is 561 g/mol. The van der Waals surface area contributed by atoms with E-state index in [2.05, 4.69) is 54.6 Å². The highest BCUT2D eigenvalue weighted by molar-refractivity contribution is 7.13. The molecule has 2 aliphatic heterocycles. The minimum Gasteiger partial charge on any atom is -0.378 e. The van der Waals surface area contributed by atoms with Crippen LogP contribution in [0.25, 0.3) is 10.4 Å². The molecule has 0 atom stereocenters. The van der Waals surface area contributed by atoms with Crippen molar-refractivity contribution in [2.75, 3.05) is 68.8 Å². The van der Waals surface area contributed by atoms with Crippen LogP contribution in [0, 0.1) is 5.92 Å². The maximum Gasteiger partial charge on any atom is 0.253 e. The van der Waals surface area contributed by atoms with Crippen LogP contribution < -0.4 is 15.1 Å². The topological polar surface area (TPSA) is 73.8 Å². The first-order chi connectivity index (χ1) is 19.7. The van der Waals surface area contributed by atoms with E-state index in [1.165, 1.54) is 29.7 Å². The van der Waals surface area contributed by atoms with Crippen molar-refractivity contribution in [3.05, 3.63) is 59.7 Å². The van der Waals surface area contributed by atoms with Gasteiger partial charge in [0.2, 0.25) is 0 Å². The quantitative estimate of drug-likeness (QED) is 0.434. The first kappa shape index (κ1) is 27.2. The monoisotopic (exact) mass is 560 g/mol. The van der Waals surface area contributed by atoms with Gasteiger partial charge in [0.15, 0.2) is 0 Å². The molecule has 1 aliphatic carbocycles. The van der Waals surface area contributed by atoms with E-state index in [0.29, 0.717) is 5.56 Å². The first-order valence-electron chi connectivity index (χ1n) is 14.8. The van der Waals surface area contributed by atoms with Crippen LogP contribution in [0.1, 0.15) is 42.5 Å². The molecule has 0 aromatic carbocycles. The Morgan fingerprint density at radius 3 is 2.38 bits per heavy atom. The molecule has 5 heterocycles. The number of morpholine rings is 1. The third-order valence-electron chi connectivity index (χ3n) is 8.59. The van der Waals surface area contributed by atoms with Crippen LogP contribution in [0.2, 0.25) is 0 Å². The highest BCUT2D eigenvalue weighted by atomic mass is 32.1. The summed E-state index contributed by atoms with van der Waals surface area (Å²) in [5.74, 6) is 2.92. The Morgan fingerprint density at radius 1 is 0.950 bits per heavy atom. The number of thiophene rings is 1. The lowest BCUT2D eigenvalue weighted by molar-refractivity contribution is 0.0919. The molecule has 3 aromatic heterocycles. The Morgan fingerprint density at radius 2 is 1.70 bits per heavy atom. The highest BCUT2D eigenvalue weighted by Crippen LogP contribution is 2.32. The number of aromatic nitrogens is 2. The van der Waals surface area contributed by atoms with Gasteiger partial charge < -0.3 is 19.9 Å². The van der Waals surface area contributed by atoms with Crippen LogP contribution in [-0.4, -0.2) is 85.8 Å². The van der Waals surface area contributed by atoms with Crippen LogP contribution in [0.3, 0.4) is 0 Å². The Bertz CT molecular complexity index is 1220. The van der Waals surface area contributed by atoms with E-state index in [1.54, 1.807) is 23.7 Å². The molecule has 212 valence electrons. The number of nitrogens with one attached hydrogen (secondary N) is 1. The van der Waals surface area contributed by atoms with Gasteiger partial charge in [-0.15, -0.1) is 11.3 Å². The van der Waals surface area contributed by atoms with E-state index in [1.807, 2.05) is 12.1 Å². The molecule has 1 N–H and O–H groups in total. The van der Waals surface area contributed by atoms with Crippen molar-refractivity contribution in [2.45, 2.75) is 38.1 Å². The molecule has 1 saturated carbocycles. The van der Waals surface area contributed by atoms with Crippen LogP contribution in [0.4, 0.5) is 11.6 Å². The van der Waals surface area contributed by atoms with E-state index in [0.717, 1.165) is 89.4 Å². The second kappa shape index (κ2) is 13.1. The number of hydrogen-bond acceptors (Lipinski definition) is 8. The van der Waals surface area contributed by atoms with Gasteiger partial charge in [-0.3, -0.25) is 14.7 Å². The number of piperazine rings is 1. The van der Waals surface area contributed by atoms with Gasteiger partial charge in [0.1, 0.15) is 11.6 Å². The van der Waals surface area contributed by atoms with E-state index < -0.39 is 0 Å². The lowest BCUT2D eigenvalue weighted by Gasteiger charge is -2.37.